The Labute approximate surface area is 166 Å². The number of benzene rings is 1. The lowest BCUT2D eigenvalue weighted by atomic mass is 10.0. The van der Waals surface area contributed by atoms with Crippen LogP contribution in [0.25, 0.3) is 11.3 Å². The number of hydrogen-bond donors (Lipinski definition) is 1. The van der Waals surface area contributed by atoms with Gasteiger partial charge >= 0.3 is 0 Å². The van der Waals surface area contributed by atoms with Gasteiger partial charge in [-0.2, -0.15) is 5.10 Å². The van der Waals surface area contributed by atoms with Crippen molar-refractivity contribution in [3.63, 3.8) is 0 Å². The van der Waals surface area contributed by atoms with Crippen LogP contribution in [0.15, 0.2) is 42.7 Å². The van der Waals surface area contributed by atoms with Crippen LogP contribution in [0.4, 0.5) is 0 Å². The third-order valence-corrected chi connectivity index (χ3v) is 4.85. The zero-order chi connectivity index (χ0) is 20.1. The van der Waals surface area contributed by atoms with Crippen LogP contribution in [0.1, 0.15) is 60.2 Å². The minimum Gasteiger partial charge on any atom is -0.344 e. The first-order valence-corrected chi connectivity index (χ1v) is 9.75. The molecule has 0 fully saturated rings. The lowest BCUT2D eigenvalue weighted by Crippen LogP contribution is -2.29. The summed E-state index contributed by atoms with van der Waals surface area (Å²) in [5.41, 5.74) is 4.71. The standard InChI is InChI=1S/C22H27N5O/c1-5-7-18-14-23-15(3)25-21(18)16-8-10-17(11-9-16)22(28)26-19(6-2)20-12-13-24-27(20)4/h8-14,19H,5-7H2,1-4H3,(H,26,28)/t19-/m1/s1. The van der Waals surface area contributed by atoms with Gasteiger partial charge < -0.3 is 5.32 Å². The van der Waals surface area contributed by atoms with Crippen LogP contribution >= 0.6 is 0 Å². The first kappa shape index (κ1) is 19.7. The quantitative estimate of drug-likeness (QED) is 0.675. The molecule has 0 saturated carbocycles. The van der Waals surface area contributed by atoms with Crippen LogP contribution < -0.4 is 5.32 Å². The highest BCUT2D eigenvalue weighted by Gasteiger charge is 2.17. The molecule has 1 N–H and O–H groups in total. The second-order valence-electron chi connectivity index (χ2n) is 6.93. The number of rotatable bonds is 7. The zero-order valence-electron chi connectivity index (χ0n) is 16.9. The number of hydrogen-bond acceptors (Lipinski definition) is 4. The maximum Gasteiger partial charge on any atom is 0.251 e. The molecule has 0 saturated heterocycles. The van der Waals surface area contributed by atoms with Crippen molar-refractivity contribution < 1.29 is 4.79 Å². The van der Waals surface area contributed by atoms with E-state index in [1.165, 1.54) is 0 Å². The molecule has 0 spiro atoms. The lowest BCUT2D eigenvalue weighted by molar-refractivity contribution is 0.0934. The molecule has 0 radical (unpaired) electrons. The molecule has 146 valence electrons. The van der Waals surface area contributed by atoms with Crippen molar-refractivity contribution in [3.8, 4) is 11.3 Å². The summed E-state index contributed by atoms with van der Waals surface area (Å²) < 4.78 is 1.80. The fourth-order valence-corrected chi connectivity index (χ4v) is 3.33. The van der Waals surface area contributed by atoms with Crippen molar-refractivity contribution in [1.82, 2.24) is 25.1 Å². The van der Waals surface area contributed by atoms with Gasteiger partial charge in [-0.1, -0.05) is 32.4 Å². The molecule has 3 rings (SSSR count). The highest BCUT2D eigenvalue weighted by molar-refractivity contribution is 5.94. The van der Waals surface area contributed by atoms with E-state index in [1.54, 1.807) is 10.9 Å². The van der Waals surface area contributed by atoms with Crippen LogP contribution in [0.3, 0.4) is 0 Å². The Balaban J connectivity index is 1.80. The molecule has 0 unspecified atom stereocenters. The van der Waals surface area contributed by atoms with E-state index in [-0.39, 0.29) is 11.9 Å². The Bertz CT molecular complexity index is 946. The molecule has 1 amide bonds. The maximum absolute atomic E-state index is 12.7. The van der Waals surface area contributed by atoms with E-state index in [0.717, 1.165) is 47.6 Å². The van der Waals surface area contributed by atoms with Crippen LogP contribution in [0.5, 0.6) is 0 Å². The van der Waals surface area contributed by atoms with Gasteiger partial charge in [-0.15, -0.1) is 0 Å². The van der Waals surface area contributed by atoms with Crippen molar-refractivity contribution in [2.24, 2.45) is 7.05 Å². The minimum absolute atomic E-state index is 0.0691. The molecular formula is C22H27N5O. The summed E-state index contributed by atoms with van der Waals surface area (Å²) in [5.74, 6) is 0.658. The van der Waals surface area contributed by atoms with Gasteiger partial charge in [-0.3, -0.25) is 9.48 Å². The number of aromatic nitrogens is 4. The Kier molecular flexibility index (Phi) is 6.19. The predicted molar refractivity (Wildman–Crippen MR) is 110 cm³/mol. The minimum atomic E-state index is -0.0905. The number of aryl methyl sites for hydroxylation is 3. The number of carbonyl (C=O) groups is 1. The Morgan fingerprint density at radius 3 is 2.54 bits per heavy atom. The molecule has 0 aliphatic rings. The summed E-state index contributed by atoms with van der Waals surface area (Å²) in [4.78, 5) is 21.7. The fraction of sp³-hybridized carbons (Fsp3) is 0.364. The highest BCUT2D eigenvalue weighted by Crippen LogP contribution is 2.23. The van der Waals surface area contributed by atoms with E-state index >= 15 is 0 Å². The Hall–Kier alpha value is -3.02. The molecule has 1 aromatic carbocycles. The first-order chi connectivity index (χ1) is 13.5. The summed E-state index contributed by atoms with van der Waals surface area (Å²) in [5, 5.41) is 7.30. The number of amides is 1. The maximum atomic E-state index is 12.7. The van der Waals surface area contributed by atoms with Gasteiger partial charge in [0.1, 0.15) is 5.82 Å². The Morgan fingerprint density at radius 2 is 1.93 bits per heavy atom. The third-order valence-electron chi connectivity index (χ3n) is 4.85. The smallest absolute Gasteiger partial charge is 0.251 e. The number of nitrogens with zero attached hydrogens (tertiary/aromatic N) is 4. The average Bonchev–Trinajstić information content (AvgIpc) is 3.13. The van der Waals surface area contributed by atoms with Gasteiger partial charge in [0, 0.05) is 30.6 Å². The van der Waals surface area contributed by atoms with Crippen molar-refractivity contribution in [3.05, 3.63) is 65.4 Å². The zero-order valence-corrected chi connectivity index (χ0v) is 16.9. The molecule has 1 atom stereocenters. The van der Waals surface area contributed by atoms with Gasteiger partial charge in [-0.05, 0) is 43.5 Å². The van der Waals surface area contributed by atoms with Gasteiger partial charge in [0.15, 0.2) is 0 Å². The summed E-state index contributed by atoms with van der Waals surface area (Å²) in [6, 6.07) is 9.49. The average molecular weight is 377 g/mol. The molecular weight excluding hydrogens is 350 g/mol. The Morgan fingerprint density at radius 1 is 1.18 bits per heavy atom. The molecule has 3 aromatic rings. The van der Waals surface area contributed by atoms with E-state index < -0.39 is 0 Å². The van der Waals surface area contributed by atoms with Crippen molar-refractivity contribution in [2.45, 2.75) is 46.1 Å². The van der Waals surface area contributed by atoms with Gasteiger partial charge in [0.05, 0.1) is 17.4 Å². The third kappa shape index (κ3) is 4.27. The number of nitrogens with one attached hydrogen (secondary N) is 1. The summed E-state index contributed by atoms with van der Waals surface area (Å²) in [6.45, 7) is 6.08. The molecule has 28 heavy (non-hydrogen) atoms. The monoisotopic (exact) mass is 377 g/mol. The van der Waals surface area contributed by atoms with Crippen molar-refractivity contribution in [2.75, 3.05) is 0 Å². The summed E-state index contributed by atoms with van der Waals surface area (Å²) >= 11 is 0. The first-order valence-electron chi connectivity index (χ1n) is 9.75. The summed E-state index contributed by atoms with van der Waals surface area (Å²) in [7, 11) is 1.89. The van der Waals surface area contributed by atoms with Crippen molar-refractivity contribution in [1.29, 1.82) is 0 Å². The van der Waals surface area contributed by atoms with Crippen LogP contribution in [0.2, 0.25) is 0 Å². The molecule has 6 heteroatoms. The predicted octanol–water partition coefficient (Wildman–Crippen LogP) is 4.02. The van der Waals surface area contributed by atoms with Crippen molar-refractivity contribution >= 4 is 5.91 Å². The fourth-order valence-electron chi connectivity index (χ4n) is 3.33. The summed E-state index contributed by atoms with van der Waals surface area (Å²) in [6.07, 6.45) is 6.41. The van der Waals surface area contributed by atoms with E-state index in [9.17, 15) is 4.79 Å². The van der Waals surface area contributed by atoms with Crippen LogP contribution in [0, 0.1) is 6.92 Å². The van der Waals surface area contributed by atoms with Gasteiger partial charge in [-0.25, -0.2) is 9.97 Å². The molecule has 0 aliphatic heterocycles. The molecule has 2 aromatic heterocycles. The molecule has 6 nitrogen and oxygen atoms in total. The van der Waals surface area contributed by atoms with E-state index in [1.807, 2.05) is 57.4 Å². The van der Waals surface area contributed by atoms with Gasteiger partial charge in [0.2, 0.25) is 0 Å². The normalized spacial score (nSPS) is 12.0. The largest absolute Gasteiger partial charge is 0.344 e. The second-order valence-corrected chi connectivity index (χ2v) is 6.93. The van der Waals surface area contributed by atoms with Gasteiger partial charge in [0.25, 0.3) is 5.91 Å². The lowest BCUT2D eigenvalue weighted by Gasteiger charge is -2.17. The van der Waals surface area contributed by atoms with E-state index in [2.05, 4.69) is 27.3 Å². The molecule has 0 bridgehead atoms. The molecule has 2 heterocycles. The van der Waals surface area contributed by atoms with E-state index in [0.29, 0.717) is 5.56 Å². The molecule has 0 aliphatic carbocycles. The SMILES string of the molecule is CCCc1cnc(C)nc1-c1ccc(C(=O)N[C@H](CC)c2ccnn2C)cc1. The topological polar surface area (TPSA) is 72.7 Å². The number of carbonyl (C=O) groups excluding carboxylic acids is 1. The van der Waals surface area contributed by atoms with Crippen LogP contribution in [-0.2, 0) is 13.5 Å². The van der Waals surface area contributed by atoms with Crippen LogP contribution in [-0.4, -0.2) is 25.7 Å². The van der Waals surface area contributed by atoms with E-state index in [4.69, 9.17) is 0 Å². The highest BCUT2D eigenvalue weighted by atomic mass is 16.1. The second kappa shape index (κ2) is 8.78.